The van der Waals surface area contributed by atoms with Crippen LogP contribution >= 0.6 is 0 Å². The Morgan fingerprint density at radius 2 is 1.67 bits per heavy atom. The van der Waals surface area contributed by atoms with Crippen molar-refractivity contribution in [1.29, 1.82) is 0 Å². The summed E-state index contributed by atoms with van der Waals surface area (Å²) in [5.74, 6) is 1.50. The first kappa shape index (κ1) is 16.2. The highest BCUT2D eigenvalue weighted by Crippen LogP contribution is 2.43. The van der Waals surface area contributed by atoms with Crippen LogP contribution in [0.1, 0.15) is 17.2 Å². The number of nitrogens with zero attached hydrogens (tertiary/aromatic N) is 1. The van der Waals surface area contributed by atoms with Crippen molar-refractivity contribution in [1.82, 2.24) is 4.57 Å². The normalized spacial score (nSPS) is 12.2. The summed E-state index contributed by atoms with van der Waals surface area (Å²) in [6.07, 6.45) is 1.17. The largest absolute Gasteiger partial charge is 0.493 e. The number of ether oxygens (including phenoxy) is 3. The first-order valence-electron chi connectivity index (χ1n) is 7.62. The lowest BCUT2D eigenvalue weighted by Crippen LogP contribution is -2.05. The maximum atomic E-state index is 10.9. The number of fused-ring (bicyclic) bond motifs is 1. The molecule has 3 aromatic rings. The van der Waals surface area contributed by atoms with Gasteiger partial charge in [-0.05, 0) is 41.3 Å². The first-order chi connectivity index (χ1) is 11.6. The molecule has 126 valence electrons. The van der Waals surface area contributed by atoms with Gasteiger partial charge in [0.05, 0.1) is 21.3 Å². The average Bonchev–Trinajstić information content (AvgIpc) is 3.00. The Kier molecular flexibility index (Phi) is 4.36. The standard InChI is InChI=1S/C19H21NO4/c1-20-10-9-12-11-13(5-7-15(12)20)17(21)14-6-8-16(22-2)19(24-4)18(14)23-3/h5-11,17,21H,1-4H3. The van der Waals surface area contributed by atoms with E-state index in [0.29, 0.717) is 22.8 Å². The van der Waals surface area contributed by atoms with Crippen molar-refractivity contribution in [3.63, 3.8) is 0 Å². The number of benzene rings is 2. The molecule has 1 unspecified atom stereocenters. The Morgan fingerprint density at radius 1 is 0.917 bits per heavy atom. The molecule has 2 aromatic carbocycles. The van der Waals surface area contributed by atoms with Gasteiger partial charge in [-0.25, -0.2) is 0 Å². The lowest BCUT2D eigenvalue weighted by molar-refractivity contribution is 0.212. The van der Waals surface area contributed by atoms with E-state index in [1.54, 1.807) is 33.5 Å². The van der Waals surface area contributed by atoms with Gasteiger partial charge in [0.15, 0.2) is 11.5 Å². The third kappa shape index (κ3) is 2.57. The minimum Gasteiger partial charge on any atom is -0.493 e. The average molecular weight is 327 g/mol. The molecule has 0 saturated heterocycles. The van der Waals surface area contributed by atoms with Gasteiger partial charge in [-0.2, -0.15) is 0 Å². The Morgan fingerprint density at radius 3 is 2.33 bits per heavy atom. The lowest BCUT2D eigenvalue weighted by atomic mass is 9.99. The van der Waals surface area contributed by atoms with Crippen LogP contribution in [0.2, 0.25) is 0 Å². The summed E-state index contributed by atoms with van der Waals surface area (Å²) in [5, 5.41) is 11.9. The second kappa shape index (κ2) is 6.45. The smallest absolute Gasteiger partial charge is 0.203 e. The highest BCUT2D eigenvalue weighted by Gasteiger charge is 2.22. The molecule has 0 spiro atoms. The molecule has 3 rings (SSSR count). The molecule has 0 amide bonds. The Labute approximate surface area is 141 Å². The number of aliphatic hydroxyl groups excluding tert-OH is 1. The molecule has 5 nitrogen and oxygen atoms in total. The van der Waals surface area contributed by atoms with Crippen LogP contribution in [0.5, 0.6) is 17.2 Å². The van der Waals surface area contributed by atoms with E-state index in [4.69, 9.17) is 14.2 Å². The lowest BCUT2D eigenvalue weighted by Gasteiger charge is -2.19. The van der Waals surface area contributed by atoms with Gasteiger partial charge in [-0.3, -0.25) is 0 Å². The number of aromatic nitrogens is 1. The van der Waals surface area contributed by atoms with Crippen LogP contribution in [-0.4, -0.2) is 31.0 Å². The number of rotatable bonds is 5. The van der Waals surface area contributed by atoms with Crippen LogP contribution in [0.4, 0.5) is 0 Å². The van der Waals surface area contributed by atoms with E-state index in [9.17, 15) is 5.11 Å². The van der Waals surface area contributed by atoms with Gasteiger partial charge >= 0.3 is 0 Å². The van der Waals surface area contributed by atoms with Crippen molar-refractivity contribution in [3.05, 3.63) is 53.7 Å². The zero-order chi connectivity index (χ0) is 17.3. The summed E-state index contributed by atoms with van der Waals surface area (Å²) in [7, 11) is 6.66. The van der Waals surface area contributed by atoms with Crippen molar-refractivity contribution in [2.24, 2.45) is 7.05 Å². The molecule has 1 N–H and O–H groups in total. The molecule has 0 aliphatic carbocycles. The first-order valence-corrected chi connectivity index (χ1v) is 7.62. The fraction of sp³-hybridized carbons (Fsp3) is 0.263. The molecule has 1 heterocycles. The molecule has 0 bridgehead atoms. The van der Waals surface area contributed by atoms with Gasteiger partial charge in [0.1, 0.15) is 6.10 Å². The van der Waals surface area contributed by atoms with Crippen molar-refractivity contribution in [3.8, 4) is 17.2 Å². The molecule has 0 fully saturated rings. The van der Waals surface area contributed by atoms with Gasteiger partial charge in [0.25, 0.3) is 0 Å². The van der Waals surface area contributed by atoms with E-state index in [-0.39, 0.29) is 0 Å². The molecule has 0 radical (unpaired) electrons. The number of methoxy groups -OCH3 is 3. The molecule has 0 saturated carbocycles. The minimum atomic E-state index is -0.829. The minimum absolute atomic E-state index is 0.470. The number of hydrogen-bond acceptors (Lipinski definition) is 4. The Balaban J connectivity index is 2.09. The second-order valence-corrected chi connectivity index (χ2v) is 5.57. The van der Waals surface area contributed by atoms with E-state index in [2.05, 4.69) is 0 Å². The topological polar surface area (TPSA) is 52.9 Å². The van der Waals surface area contributed by atoms with Gasteiger partial charge in [0, 0.05) is 24.3 Å². The highest BCUT2D eigenvalue weighted by molar-refractivity contribution is 5.81. The fourth-order valence-electron chi connectivity index (χ4n) is 2.99. The molecule has 1 aromatic heterocycles. The molecule has 24 heavy (non-hydrogen) atoms. The van der Waals surface area contributed by atoms with Gasteiger partial charge in [-0.15, -0.1) is 0 Å². The summed E-state index contributed by atoms with van der Waals surface area (Å²) >= 11 is 0. The van der Waals surface area contributed by atoms with E-state index in [0.717, 1.165) is 16.5 Å². The van der Waals surface area contributed by atoms with Crippen molar-refractivity contribution < 1.29 is 19.3 Å². The summed E-state index contributed by atoms with van der Waals surface area (Å²) < 4.78 is 18.2. The summed E-state index contributed by atoms with van der Waals surface area (Å²) in [6.45, 7) is 0. The zero-order valence-corrected chi connectivity index (χ0v) is 14.2. The molecular weight excluding hydrogens is 306 g/mol. The Hall–Kier alpha value is -2.66. The summed E-state index contributed by atoms with van der Waals surface area (Å²) in [4.78, 5) is 0. The fourth-order valence-corrected chi connectivity index (χ4v) is 2.99. The molecular formula is C19H21NO4. The second-order valence-electron chi connectivity index (χ2n) is 5.57. The number of aliphatic hydroxyl groups is 1. The Bertz CT molecular complexity index is 869. The monoisotopic (exact) mass is 327 g/mol. The molecule has 5 heteroatoms. The van der Waals surface area contributed by atoms with Crippen molar-refractivity contribution >= 4 is 10.9 Å². The van der Waals surface area contributed by atoms with Crippen molar-refractivity contribution in [2.45, 2.75) is 6.10 Å². The summed E-state index contributed by atoms with van der Waals surface area (Å²) in [6, 6.07) is 11.5. The van der Waals surface area contributed by atoms with Crippen LogP contribution in [0.3, 0.4) is 0 Å². The molecule has 0 aliphatic rings. The van der Waals surface area contributed by atoms with Gasteiger partial charge < -0.3 is 23.9 Å². The third-order valence-electron chi connectivity index (χ3n) is 4.25. The van der Waals surface area contributed by atoms with Crippen LogP contribution in [-0.2, 0) is 7.05 Å². The number of hydrogen-bond donors (Lipinski definition) is 1. The SMILES string of the molecule is COc1ccc(C(O)c2ccc3c(ccn3C)c2)c(OC)c1OC. The van der Waals surface area contributed by atoms with E-state index < -0.39 is 6.10 Å². The quantitative estimate of drug-likeness (QED) is 0.781. The molecule has 0 aliphatic heterocycles. The van der Waals surface area contributed by atoms with E-state index >= 15 is 0 Å². The summed E-state index contributed by atoms with van der Waals surface area (Å²) in [5.41, 5.74) is 2.54. The van der Waals surface area contributed by atoms with Crippen LogP contribution < -0.4 is 14.2 Å². The van der Waals surface area contributed by atoms with Crippen LogP contribution in [0.25, 0.3) is 10.9 Å². The van der Waals surface area contributed by atoms with Gasteiger partial charge in [-0.1, -0.05) is 6.07 Å². The van der Waals surface area contributed by atoms with Crippen LogP contribution in [0.15, 0.2) is 42.6 Å². The van der Waals surface area contributed by atoms with E-state index in [1.165, 1.54) is 0 Å². The third-order valence-corrected chi connectivity index (χ3v) is 4.25. The van der Waals surface area contributed by atoms with Crippen LogP contribution in [0, 0.1) is 0 Å². The zero-order valence-electron chi connectivity index (χ0n) is 14.2. The number of aryl methyl sites for hydroxylation is 1. The predicted molar refractivity (Wildman–Crippen MR) is 93.1 cm³/mol. The highest BCUT2D eigenvalue weighted by atomic mass is 16.5. The molecule has 1 atom stereocenters. The maximum Gasteiger partial charge on any atom is 0.203 e. The van der Waals surface area contributed by atoms with E-state index in [1.807, 2.05) is 42.1 Å². The van der Waals surface area contributed by atoms with Crippen molar-refractivity contribution in [2.75, 3.05) is 21.3 Å². The predicted octanol–water partition coefficient (Wildman–Crippen LogP) is 3.29. The van der Waals surface area contributed by atoms with Gasteiger partial charge in [0.2, 0.25) is 5.75 Å². The maximum absolute atomic E-state index is 10.9.